The lowest BCUT2D eigenvalue weighted by molar-refractivity contribution is -0.252. The van der Waals surface area contributed by atoms with Crippen molar-refractivity contribution in [3.8, 4) is 0 Å². The lowest BCUT2D eigenvalue weighted by atomic mass is 10.9. The van der Waals surface area contributed by atoms with Crippen LogP contribution in [0.3, 0.4) is 0 Å². The van der Waals surface area contributed by atoms with Crippen molar-refractivity contribution in [2.75, 3.05) is 0 Å². The number of rotatable bonds is 2. The minimum atomic E-state index is -3.06. The lowest BCUT2D eigenvalue weighted by Gasteiger charge is -2.25. The molecule has 0 radical (unpaired) electrons. The van der Waals surface area contributed by atoms with E-state index in [1.807, 2.05) is 0 Å². The van der Waals surface area contributed by atoms with Gasteiger partial charge in [0.25, 0.3) is 0 Å². The second-order valence-corrected chi connectivity index (χ2v) is 2.85. The van der Waals surface area contributed by atoms with Gasteiger partial charge in [-0.3, -0.25) is 0 Å². The van der Waals surface area contributed by atoms with E-state index in [0.717, 1.165) is 0 Å². The molecule has 74 valence electrons. The average Bonchev–Trinajstić information content (AvgIpc) is 1.96. The molecule has 0 fully saturated rings. The van der Waals surface area contributed by atoms with Crippen LogP contribution in [-0.2, 0) is 4.84 Å². The zero-order valence-electron chi connectivity index (χ0n) is 5.79. The van der Waals surface area contributed by atoms with E-state index in [0.29, 0.717) is 5.06 Å². The summed E-state index contributed by atoms with van der Waals surface area (Å²) in [6, 6.07) is 0. The van der Waals surface area contributed by atoms with Gasteiger partial charge in [0.15, 0.2) is 0 Å². The number of halogens is 5. The topological polar surface area (TPSA) is 37.2 Å². The monoisotopic (exact) mass is 251 g/mol. The predicted octanol–water partition coefficient (Wildman–Crippen LogP) is 2.17. The molecule has 1 aliphatic heterocycles. The fourth-order valence-electron chi connectivity index (χ4n) is 0.562. The van der Waals surface area contributed by atoms with Gasteiger partial charge in [-0.05, 0) is 23.2 Å². The molecule has 0 aliphatic carbocycles. The molecule has 0 aromatic rings. The van der Waals surface area contributed by atoms with Crippen molar-refractivity contribution in [1.82, 2.24) is 5.06 Å². The van der Waals surface area contributed by atoms with E-state index in [2.05, 4.69) is 14.8 Å². The number of hydroxylamine groups is 2. The highest BCUT2D eigenvalue weighted by atomic mass is 35.5. The first-order chi connectivity index (χ1) is 6.00. The predicted molar refractivity (Wildman–Crippen MR) is 45.1 cm³/mol. The van der Waals surface area contributed by atoms with Crippen LogP contribution in [0.2, 0.25) is 0 Å². The minimum absolute atomic E-state index is 0.223. The first-order valence-electron chi connectivity index (χ1n) is 2.86. The molecule has 0 N–H and O–H groups in total. The van der Waals surface area contributed by atoms with Gasteiger partial charge in [0.05, 0.1) is 0 Å². The SMILES string of the molecule is FC(F)ON1C(Cl)=NC(Cl)=NC1Cl. The van der Waals surface area contributed by atoms with E-state index in [1.165, 1.54) is 0 Å². The second kappa shape index (κ2) is 4.36. The van der Waals surface area contributed by atoms with Gasteiger partial charge in [-0.25, -0.2) is 4.99 Å². The van der Waals surface area contributed by atoms with Crippen LogP contribution in [0.5, 0.6) is 0 Å². The molecule has 0 saturated heterocycles. The fraction of sp³-hybridized carbons (Fsp3) is 0.500. The number of aliphatic imine (C=N–C) groups is 2. The van der Waals surface area contributed by atoms with Crippen molar-refractivity contribution < 1.29 is 13.6 Å². The van der Waals surface area contributed by atoms with Crippen molar-refractivity contribution in [3.63, 3.8) is 0 Å². The molecule has 1 aliphatic rings. The summed E-state index contributed by atoms with van der Waals surface area (Å²) in [5, 5.41) is -0.181. The van der Waals surface area contributed by atoms with Crippen LogP contribution in [0, 0.1) is 0 Å². The molecule has 4 nitrogen and oxygen atoms in total. The van der Waals surface area contributed by atoms with Crippen LogP contribution in [-0.4, -0.2) is 27.9 Å². The van der Waals surface area contributed by atoms with Crippen LogP contribution < -0.4 is 0 Å². The highest BCUT2D eigenvalue weighted by Crippen LogP contribution is 2.19. The van der Waals surface area contributed by atoms with E-state index in [-0.39, 0.29) is 5.29 Å². The molecule has 13 heavy (non-hydrogen) atoms. The lowest BCUT2D eigenvalue weighted by Crippen LogP contribution is -2.38. The highest BCUT2D eigenvalue weighted by molar-refractivity contribution is 6.71. The van der Waals surface area contributed by atoms with Gasteiger partial charge in [-0.2, -0.15) is 23.7 Å². The summed E-state index contributed by atoms with van der Waals surface area (Å²) in [6.45, 7) is -3.06. The Morgan fingerprint density at radius 2 is 2.08 bits per heavy atom. The van der Waals surface area contributed by atoms with Crippen molar-refractivity contribution in [3.05, 3.63) is 0 Å². The first-order valence-corrected chi connectivity index (χ1v) is 4.05. The highest BCUT2D eigenvalue weighted by Gasteiger charge is 2.27. The smallest absolute Gasteiger partial charge is 0.213 e. The van der Waals surface area contributed by atoms with Crippen molar-refractivity contribution in [2.45, 2.75) is 12.2 Å². The van der Waals surface area contributed by atoms with E-state index in [9.17, 15) is 8.78 Å². The van der Waals surface area contributed by atoms with E-state index in [4.69, 9.17) is 34.8 Å². The number of hydrogen-bond donors (Lipinski definition) is 0. The third kappa shape index (κ3) is 2.91. The van der Waals surface area contributed by atoms with E-state index >= 15 is 0 Å². The summed E-state index contributed by atoms with van der Waals surface area (Å²) >= 11 is 16.2. The maximum Gasteiger partial charge on any atom is 0.365 e. The van der Waals surface area contributed by atoms with Gasteiger partial charge >= 0.3 is 6.61 Å². The Bertz CT molecular complexity index is 259. The Kier molecular flexibility index (Phi) is 3.66. The first kappa shape index (κ1) is 10.9. The molecular weight excluding hydrogens is 250 g/mol. The quantitative estimate of drug-likeness (QED) is 0.558. The van der Waals surface area contributed by atoms with Crippen LogP contribution >= 0.6 is 34.8 Å². The summed E-state index contributed by atoms with van der Waals surface area (Å²) in [5.41, 5.74) is -1.24. The van der Waals surface area contributed by atoms with Crippen LogP contribution in [0.1, 0.15) is 0 Å². The number of alkyl halides is 3. The summed E-state index contributed by atoms with van der Waals surface area (Å²) in [5.74, 6) is 0. The maximum atomic E-state index is 11.7. The molecular formula is C4H2Cl3F2N3O. The van der Waals surface area contributed by atoms with E-state index < -0.39 is 17.5 Å². The molecule has 0 bridgehead atoms. The molecule has 0 amide bonds. The van der Waals surface area contributed by atoms with Gasteiger partial charge in [0.1, 0.15) is 0 Å². The van der Waals surface area contributed by atoms with Crippen LogP contribution in [0.15, 0.2) is 9.98 Å². The minimum Gasteiger partial charge on any atom is -0.213 e. The maximum absolute atomic E-state index is 11.7. The molecule has 9 heteroatoms. The zero-order chi connectivity index (χ0) is 10.0. The molecule has 0 aromatic heterocycles. The molecule has 0 saturated carbocycles. The average molecular weight is 252 g/mol. The Hall–Kier alpha value is -0.170. The Morgan fingerprint density at radius 1 is 1.46 bits per heavy atom. The fourth-order valence-corrected chi connectivity index (χ4v) is 1.32. The summed E-state index contributed by atoms with van der Waals surface area (Å²) in [6.07, 6.45) is 0. The molecule has 1 rings (SSSR count). The molecule has 0 aromatic carbocycles. The van der Waals surface area contributed by atoms with Gasteiger partial charge < -0.3 is 0 Å². The summed E-state index contributed by atoms with van der Waals surface area (Å²) < 4.78 is 23.5. The molecule has 1 unspecified atom stereocenters. The number of amidine groups is 2. The normalized spacial score (nSPS) is 23.2. The van der Waals surface area contributed by atoms with Gasteiger partial charge in [0.2, 0.25) is 16.2 Å². The number of hydrogen-bond acceptors (Lipinski definition) is 4. The Morgan fingerprint density at radius 3 is 2.54 bits per heavy atom. The molecule has 1 heterocycles. The third-order valence-corrected chi connectivity index (χ3v) is 1.67. The van der Waals surface area contributed by atoms with Crippen molar-refractivity contribution >= 4 is 45.4 Å². The second-order valence-electron chi connectivity index (χ2n) is 1.78. The zero-order valence-corrected chi connectivity index (χ0v) is 8.06. The summed E-state index contributed by atoms with van der Waals surface area (Å²) in [4.78, 5) is 10.7. The van der Waals surface area contributed by atoms with Crippen LogP contribution in [0.25, 0.3) is 0 Å². The van der Waals surface area contributed by atoms with Crippen LogP contribution in [0.4, 0.5) is 8.78 Å². The largest absolute Gasteiger partial charge is 0.365 e. The molecule has 1 atom stereocenters. The van der Waals surface area contributed by atoms with Gasteiger partial charge in [0, 0.05) is 0 Å². The van der Waals surface area contributed by atoms with Gasteiger partial charge in [-0.15, -0.1) is 0 Å². The molecule has 0 spiro atoms. The Labute approximate surface area is 86.7 Å². The van der Waals surface area contributed by atoms with Crippen molar-refractivity contribution in [2.24, 2.45) is 9.98 Å². The standard InChI is InChI=1S/C4H2Cl3F2N3O/c5-1-10-2(6)12(3(7)11-1)13-4(8)9/h2,4H. The summed E-state index contributed by atoms with van der Waals surface area (Å²) in [7, 11) is 0. The van der Waals surface area contributed by atoms with Crippen molar-refractivity contribution in [1.29, 1.82) is 0 Å². The van der Waals surface area contributed by atoms with Gasteiger partial charge in [-0.1, -0.05) is 11.6 Å². The van der Waals surface area contributed by atoms with E-state index in [1.54, 1.807) is 0 Å². The number of nitrogens with zero attached hydrogens (tertiary/aromatic N) is 3. The third-order valence-electron chi connectivity index (χ3n) is 0.966. The Balaban J connectivity index is 2.72.